The molecule has 3 atom stereocenters. The van der Waals surface area contributed by atoms with E-state index in [1.54, 1.807) is 6.92 Å². The first-order valence-corrected chi connectivity index (χ1v) is 8.87. The van der Waals surface area contributed by atoms with Crippen LogP contribution in [-0.2, 0) is 0 Å². The maximum atomic E-state index is 13.0. The molecule has 0 unspecified atom stereocenters. The van der Waals surface area contributed by atoms with Crippen LogP contribution in [0.25, 0.3) is 11.5 Å². The van der Waals surface area contributed by atoms with Gasteiger partial charge in [-0.2, -0.15) is 4.98 Å². The molecule has 5 nitrogen and oxygen atoms in total. The molecule has 0 N–H and O–H groups in total. The smallest absolute Gasteiger partial charge is 0.257 e. The highest BCUT2D eigenvalue weighted by atomic mass is 16.5. The monoisotopic (exact) mass is 325 g/mol. The molecule has 24 heavy (non-hydrogen) atoms. The second-order valence-electron chi connectivity index (χ2n) is 7.13. The Balaban J connectivity index is 1.56. The van der Waals surface area contributed by atoms with Crippen LogP contribution in [0.5, 0.6) is 0 Å². The molecule has 0 bridgehead atoms. The van der Waals surface area contributed by atoms with Crippen LogP contribution < -0.4 is 0 Å². The second-order valence-corrected chi connectivity index (χ2v) is 7.13. The van der Waals surface area contributed by atoms with Crippen LogP contribution in [0, 0.1) is 12.8 Å². The summed E-state index contributed by atoms with van der Waals surface area (Å²) in [6, 6.07) is 8.29. The molecule has 2 aromatic rings. The fourth-order valence-electron chi connectivity index (χ4n) is 4.38. The maximum absolute atomic E-state index is 13.0. The average molecular weight is 325 g/mol. The lowest BCUT2D eigenvalue weighted by molar-refractivity contribution is 0.0633. The molecule has 1 saturated heterocycles. The molecule has 126 valence electrons. The Morgan fingerprint density at radius 3 is 2.67 bits per heavy atom. The largest absolute Gasteiger partial charge is 0.334 e. The minimum atomic E-state index is 0.158. The Kier molecular flexibility index (Phi) is 3.87. The third kappa shape index (κ3) is 2.62. The third-order valence-electron chi connectivity index (χ3n) is 5.49. The summed E-state index contributed by atoms with van der Waals surface area (Å²) in [6.07, 6.45) is 6.13. The van der Waals surface area contributed by atoms with Crippen molar-refractivity contribution >= 4 is 5.91 Å². The van der Waals surface area contributed by atoms with Crippen LogP contribution in [0.15, 0.2) is 28.8 Å². The van der Waals surface area contributed by atoms with Crippen molar-refractivity contribution in [2.75, 3.05) is 0 Å². The Morgan fingerprint density at radius 1 is 1.21 bits per heavy atom. The first-order valence-electron chi connectivity index (χ1n) is 8.87. The highest BCUT2D eigenvalue weighted by Gasteiger charge is 2.42. The summed E-state index contributed by atoms with van der Waals surface area (Å²) < 4.78 is 5.18. The molecule has 5 heteroatoms. The van der Waals surface area contributed by atoms with Crippen LogP contribution >= 0.6 is 0 Å². The van der Waals surface area contributed by atoms with Crippen molar-refractivity contribution in [1.29, 1.82) is 0 Å². The van der Waals surface area contributed by atoms with Gasteiger partial charge in [0.15, 0.2) is 5.82 Å². The van der Waals surface area contributed by atoms with Crippen LogP contribution in [0.2, 0.25) is 0 Å². The predicted octanol–water partition coefficient (Wildman–Crippen LogP) is 3.84. The maximum Gasteiger partial charge on any atom is 0.257 e. The molecular formula is C19H23N3O2. The Hall–Kier alpha value is -2.17. The summed E-state index contributed by atoms with van der Waals surface area (Å²) in [7, 11) is 0. The number of aromatic nitrogens is 2. The van der Waals surface area contributed by atoms with E-state index in [0.717, 1.165) is 24.0 Å². The lowest BCUT2D eigenvalue weighted by Gasteiger charge is -2.33. The normalized spacial score (nSPS) is 26.4. The van der Waals surface area contributed by atoms with Gasteiger partial charge in [-0.25, -0.2) is 0 Å². The summed E-state index contributed by atoms with van der Waals surface area (Å²) in [5.41, 5.74) is 1.59. The van der Waals surface area contributed by atoms with E-state index in [0.29, 0.717) is 29.7 Å². The van der Waals surface area contributed by atoms with E-state index in [-0.39, 0.29) is 5.91 Å². The zero-order chi connectivity index (χ0) is 16.7. The minimum absolute atomic E-state index is 0.158. The van der Waals surface area contributed by atoms with Crippen molar-refractivity contribution < 1.29 is 9.32 Å². The predicted molar refractivity (Wildman–Crippen MR) is 90.5 cm³/mol. The molecule has 1 amide bonds. The van der Waals surface area contributed by atoms with Gasteiger partial charge in [-0.15, -0.1) is 0 Å². The molecular weight excluding hydrogens is 302 g/mol. The molecule has 2 heterocycles. The number of benzene rings is 1. The zero-order valence-electron chi connectivity index (χ0n) is 14.2. The van der Waals surface area contributed by atoms with Crippen LogP contribution in [0.1, 0.15) is 55.2 Å². The van der Waals surface area contributed by atoms with Gasteiger partial charge in [-0.1, -0.05) is 18.0 Å². The van der Waals surface area contributed by atoms with E-state index in [4.69, 9.17) is 4.52 Å². The first kappa shape index (κ1) is 15.4. The minimum Gasteiger partial charge on any atom is -0.334 e. The van der Waals surface area contributed by atoms with Gasteiger partial charge in [-0.05, 0) is 63.3 Å². The van der Waals surface area contributed by atoms with Gasteiger partial charge in [-0.3, -0.25) is 4.79 Å². The molecule has 2 aliphatic rings. The molecule has 1 aromatic heterocycles. The number of fused-ring (bicyclic) bond motifs is 1. The number of nitrogens with zero attached hydrogens (tertiary/aromatic N) is 3. The summed E-state index contributed by atoms with van der Waals surface area (Å²) in [4.78, 5) is 19.4. The van der Waals surface area contributed by atoms with Crippen molar-refractivity contribution in [2.24, 2.45) is 5.92 Å². The van der Waals surface area contributed by atoms with Crippen molar-refractivity contribution in [3.05, 3.63) is 35.7 Å². The van der Waals surface area contributed by atoms with Crippen molar-refractivity contribution in [2.45, 2.75) is 58.0 Å². The zero-order valence-corrected chi connectivity index (χ0v) is 14.2. The van der Waals surface area contributed by atoms with Crippen molar-refractivity contribution in [1.82, 2.24) is 15.0 Å². The fourth-order valence-corrected chi connectivity index (χ4v) is 4.38. The van der Waals surface area contributed by atoms with Gasteiger partial charge in [0.2, 0.25) is 0 Å². The SMILES string of the molecule is Cc1noc(-c2ccc(C(=O)N3[C@H](C)C[C@@H]4CCCC[C@H]43)cc2)n1. The van der Waals surface area contributed by atoms with Crippen molar-refractivity contribution in [3.63, 3.8) is 0 Å². The summed E-state index contributed by atoms with van der Waals surface area (Å²) >= 11 is 0. The lowest BCUT2D eigenvalue weighted by atomic mass is 9.85. The number of rotatable bonds is 2. The van der Waals surface area contributed by atoms with E-state index >= 15 is 0 Å². The van der Waals surface area contributed by atoms with E-state index in [2.05, 4.69) is 22.0 Å². The van der Waals surface area contributed by atoms with Gasteiger partial charge in [0, 0.05) is 23.2 Å². The number of hydrogen-bond donors (Lipinski definition) is 0. The number of carbonyl (C=O) groups is 1. The highest BCUT2D eigenvalue weighted by Crippen LogP contribution is 2.40. The Labute approximate surface area is 142 Å². The van der Waals surface area contributed by atoms with Crippen LogP contribution in [-0.4, -0.2) is 33.0 Å². The summed E-state index contributed by atoms with van der Waals surface area (Å²) in [6.45, 7) is 3.98. The first-order chi connectivity index (χ1) is 11.6. The average Bonchev–Trinajstić information content (AvgIpc) is 3.17. The van der Waals surface area contributed by atoms with Gasteiger partial charge < -0.3 is 9.42 Å². The molecule has 1 aliphatic carbocycles. The highest BCUT2D eigenvalue weighted by molar-refractivity contribution is 5.95. The molecule has 4 rings (SSSR count). The summed E-state index contributed by atoms with van der Waals surface area (Å²) in [5.74, 6) is 1.95. The number of aryl methyl sites for hydroxylation is 1. The lowest BCUT2D eigenvalue weighted by Crippen LogP contribution is -2.42. The molecule has 2 fully saturated rings. The van der Waals surface area contributed by atoms with E-state index in [1.807, 2.05) is 24.3 Å². The number of carbonyl (C=O) groups excluding carboxylic acids is 1. The van der Waals surface area contributed by atoms with E-state index < -0.39 is 0 Å². The van der Waals surface area contributed by atoms with Crippen LogP contribution in [0.4, 0.5) is 0 Å². The van der Waals surface area contributed by atoms with Gasteiger partial charge in [0.25, 0.3) is 11.8 Å². The molecule has 0 spiro atoms. The molecule has 1 aliphatic heterocycles. The Bertz CT molecular complexity index is 737. The van der Waals surface area contributed by atoms with Crippen molar-refractivity contribution in [3.8, 4) is 11.5 Å². The topological polar surface area (TPSA) is 59.2 Å². The van der Waals surface area contributed by atoms with Gasteiger partial charge >= 0.3 is 0 Å². The van der Waals surface area contributed by atoms with E-state index in [9.17, 15) is 4.79 Å². The number of hydrogen-bond acceptors (Lipinski definition) is 4. The molecule has 1 aromatic carbocycles. The Morgan fingerprint density at radius 2 is 1.96 bits per heavy atom. The van der Waals surface area contributed by atoms with E-state index in [1.165, 1.54) is 19.3 Å². The number of amides is 1. The van der Waals surface area contributed by atoms with Gasteiger partial charge in [0.1, 0.15) is 0 Å². The summed E-state index contributed by atoms with van der Waals surface area (Å²) in [5, 5.41) is 3.81. The quantitative estimate of drug-likeness (QED) is 0.842. The standard InChI is InChI=1S/C19H23N3O2/c1-12-11-16-5-3-4-6-17(16)22(12)19(23)15-9-7-14(8-10-15)18-20-13(2)21-24-18/h7-10,12,16-17H,3-6,11H2,1-2H3/t12-,16+,17-/m1/s1. The van der Waals surface area contributed by atoms with Gasteiger partial charge in [0.05, 0.1) is 0 Å². The fraction of sp³-hybridized carbons (Fsp3) is 0.526. The third-order valence-corrected chi connectivity index (χ3v) is 5.49. The molecule has 0 radical (unpaired) electrons. The number of likely N-dealkylation sites (tertiary alicyclic amines) is 1. The van der Waals surface area contributed by atoms with Crippen LogP contribution in [0.3, 0.4) is 0 Å². The molecule has 1 saturated carbocycles. The second kappa shape index (κ2) is 6.04.